The number of thioether (sulfide) groups is 1. The normalized spacial score (nSPS) is 21.8. The highest BCUT2D eigenvalue weighted by Gasteiger charge is 2.21. The highest BCUT2D eigenvalue weighted by atomic mass is 32.2. The maximum Gasteiger partial charge on any atom is 0.232 e. The molecule has 0 aromatic heterocycles. The third-order valence-electron chi connectivity index (χ3n) is 3.42. The summed E-state index contributed by atoms with van der Waals surface area (Å²) in [5, 5.41) is 3.54. The minimum atomic E-state index is 0.342. The highest BCUT2D eigenvalue weighted by molar-refractivity contribution is 7.99. The van der Waals surface area contributed by atoms with Gasteiger partial charge in [0, 0.05) is 19.1 Å². The number of carbonyl (C=O) groups excluding carboxylic acids is 1. The molecule has 4 heteroatoms. The van der Waals surface area contributed by atoms with Crippen molar-refractivity contribution in [2.45, 2.75) is 38.6 Å². The van der Waals surface area contributed by atoms with Gasteiger partial charge in [-0.05, 0) is 43.9 Å². The first-order chi connectivity index (χ1) is 8.25. The third-order valence-corrected chi connectivity index (χ3v) is 4.67. The molecule has 2 fully saturated rings. The number of nitrogens with zero attached hydrogens (tertiary/aromatic N) is 1. The predicted molar refractivity (Wildman–Crippen MR) is 73.3 cm³/mol. The first kappa shape index (κ1) is 13.2. The Morgan fingerprint density at radius 2 is 2.12 bits per heavy atom. The van der Waals surface area contributed by atoms with Crippen molar-refractivity contribution in [1.82, 2.24) is 10.2 Å². The Balaban J connectivity index is 1.50. The molecule has 1 amide bonds. The van der Waals surface area contributed by atoms with Gasteiger partial charge in [-0.1, -0.05) is 6.92 Å². The summed E-state index contributed by atoms with van der Waals surface area (Å²) in [6.45, 7) is 5.34. The van der Waals surface area contributed by atoms with Gasteiger partial charge in [0.2, 0.25) is 5.91 Å². The Morgan fingerprint density at radius 3 is 2.76 bits per heavy atom. The number of rotatable bonds is 7. The van der Waals surface area contributed by atoms with Gasteiger partial charge in [-0.15, -0.1) is 0 Å². The number of hydrogen-bond donors (Lipinski definition) is 1. The molecule has 17 heavy (non-hydrogen) atoms. The van der Waals surface area contributed by atoms with Gasteiger partial charge in [-0.3, -0.25) is 4.79 Å². The van der Waals surface area contributed by atoms with Gasteiger partial charge in [0.05, 0.1) is 5.75 Å². The monoisotopic (exact) mass is 256 g/mol. The predicted octanol–water partition coefficient (Wildman–Crippen LogP) is 1.73. The van der Waals surface area contributed by atoms with Gasteiger partial charge in [-0.2, -0.15) is 11.8 Å². The molecule has 2 aliphatic rings. The van der Waals surface area contributed by atoms with Crippen LogP contribution in [0.25, 0.3) is 0 Å². The van der Waals surface area contributed by atoms with E-state index in [0.29, 0.717) is 17.6 Å². The second kappa shape index (κ2) is 6.64. The van der Waals surface area contributed by atoms with E-state index >= 15 is 0 Å². The molecule has 0 aromatic carbocycles. The zero-order valence-electron chi connectivity index (χ0n) is 10.8. The van der Waals surface area contributed by atoms with E-state index < -0.39 is 0 Å². The van der Waals surface area contributed by atoms with Gasteiger partial charge >= 0.3 is 0 Å². The molecule has 1 unspecified atom stereocenters. The van der Waals surface area contributed by atoms with Crippen LogP contribution in [0.15, 0.2) is 0 Å². The zero-order chi connectivity index (χ0) is 12.1. The summed E-state index contributed by atoms with van der Waals surface area (Å²) < 4.78 is 0. The van der Waals surface area contributed by atoms with Crippen LogP contribution in [0, 0.1) is 5.92 Å². The van der Waals surface area contributed by atoms with Crippen molar-refractivity contribution < 1.29 is 4.79 Å². The van der Waals surface area contributed by atoms with Gasteiger partial charge in [-0.25, -0.2) is 0 Å². The van der Waals surface area contributed by atoms with E-state index in [4.69, 9.17) is 0 Å². The van der Waals surface area contributed by atoms with E-state index in [1.807, 2.05) is 4.90 Å². The Kier molecular flexibility index (Phi) is 5.16. The summed E-state index contributed by atoms with van der Waals surface area (Å²) in [4.78, 5) is 13.8. The molecule has 1 saturated carbocycles. The van der Waals surface area contributed by atoms with Crippen LogP contribution < -0.4 is 5.32 Å². The number of nitrogens with one attached hydrogen (secondary N) is 1. The van der Waals surface area contributed by atoms with Crippen LogP contribution in [-0.4, -0.2) is 48.0 Å². The summed E-state index contributed by atoms with van der Waals surface area (Å²) in [7, 11) is 0. The molecule has 1 aliphatic heterocycles. The van der Waals surface area contributed by atoms with E-state index in [1.54, 1.807) is 11.8 Å². The van der Waals surface area contributed by atoms with Gasteiger partial charge < -0.3 is 10.2 Å². The first-order valence-corrected chi connectivity index (χ1v) is 8.00. The largest absolute Gasteiger partial charge is 0.342 e. The Bertz CT molecular complexity index is 250. The zero-order valence-corrected chi connectivity index (χ0v) is 11.6. The molecule has 0 bridgehead atoms. The topological polar surface area (TPSA) is 32.3 Å². The standard InChI is InChI=1S/C13H24N2OS/c1-11(8-14-12-4-5-12)9-17-10-13(16)15-6-2-3-7-15/h11-12,14H,2-10H2,1H3. The molecule has 98 valence electrons. The molecule has 1 saturated heterocycles. The van der Waals surface area contributed by atoms with Crippen LogP contribution in [0.3, 0.4) is 0 Å². The first-order valence-electron chi connectivity index (χ1n) is 6.84. The van der Waals surface area contributed by atoms with Crippen molar-refractivity contribution >= 4 is 17.7 Å². The smallest absolute Gasteiger partial charge is 0.232 e. The quantitative estimate of drug-likeness (QED) is 0.753. The van der Waals surface area contributed by atoms with Gasteiger partial charge in [0.25, 0.3) is 0 Å². The summed E-state index contributed by atoms with van der Waals surface area (Å²) in [5.41, 5.74) is 0. The Morgan fingerprint density at radius 1 is 1.41 bits per heavy atom. The lowest BCUT2D eigenvalue weighted by molar-refractivity contribution is -0.127. The van der Waals surface area contributed by atoms with E-state index in [9.17, 15) is 4.79 Å². The van der Waals surface area contributed by atoms with E-state index in [2.05, 4.69) is 12.2 Å². The molecular weight excluding hydrogens is 232 g/mol. The molecule has 1 aliphatic carbocycles. The Labute approximate surface area is 109 Å². The highest BCUT2D eigenvalue weighted by Crippen LogP contribution is 2.19. The molecule has 1 N–H and O–H groups in total. The number of carbonyl (C=O) groups is 1. The molecule has 0 spiro atoms. The van der Waals surface area contributed by atoms with E-state index in [1.165, 1.54) is 25.7 Å². The van der Waals surface area contributed by atoms with Crippen molar-refractivity contribution in [1.29, 1.82) is 0 Å². The van der Waals surface area contributed by atoms with Crippen LogP contribution in [0.1, 0.15) is 32.6 Å². The van der Waals surface area contributed by atoms with Crippen LogP contribution in [0.2, 0.25) is 0 Å². The van der Waals surface area contributed by atoms with Gasteiger partial charge in [0.15, 0.2) is 0 Å². The van der Waals surface area contributed by atoms with E-state index in [-0.39, 0.29) is 0 Å². The van der Waals surface area contributed by atoms with Crippen molar-refractivity contribution in [3.8, 4) is 0 Å². The summed E-state index contributed by atoms with van der Waals surface area (Å²) in [5.74, 6) is 2.79. The lowest BCUT2D eigenvalue weighted by atomic mass is 10.2. The second-order valence-electron chi connectivity index (χ2n) is 5.39. The average molecular weight is 256 g/mol. The molecule has 0 aromatic rings. The molecule has 2 rings (SSSR count). The molecule has 1 heterocycles. The number of amides is 1. The van der Waals surface area contributed by atoms with Gasteiger partial charge in [0.1, 0.15) is 0 Å². The maximum atomic E-state index is 11.8. The fourth-order valence-corrected chi connectivity index (χ4v) is 3.11. The minimum absolute atomic E-state index is 0.342. The molecular formula is C13H24N2OS. The fourth-order valence-electron chi connectivity index (χ4n) is 2.12. The SMILES string of the molecule is CC(CNC1CC1)CSCC(=O)N1CCCC1. The van der Waals surface area contributed by atoms with Crippen molar-refractivity contribution in [2.75, 3.05) is 31.1 Å². The van der Waals surface area contributed by atoms with Crippen LogP contribution in [0.4, 0.5) is 0 Å². The van der Waals surface area contributed by atoms with Crippen molar-refractivity contribution in [3.63, 3.8) is 0 Å². The lowest BCUT2D eigenvalue weighted by Gasteiger charge is -2.16. The molecule has 0 radical (unpaired) electrons. The molecule has 3 nitrogen and oxygen atoms in total. The summed E-state index contributed by atoms with van der Waals surface area (Å²) in [6.07, 6.45) is 5.09. The lowest BCUT2D eigenvalue weighted by Crippen LogP contribution is -2.30. The minimum Gasteiger partial charge on any atom is -0.342 e. The number of likely N-dealkylation sites (tertiary alicyclic amines) is 1. The fraction of sp³-hybridized carbons (Fsp3) is 0.923. The van der Waals surface area contributed by atoms with E-state index in [0.717, 1.165) is 31.4 Å². The summed E-state index contributed by atoms with van der Waals surface area (Å²) in [6, 6.07) is 0.800. The molecule has 1 atom stereocenters. The maximum absolute atomic E-state index is 11.8. The van der Waals surface area contributed by atoms with Crippen LogP contribution >= 0.6 is 11.8 Å². The third kappa shape index (κ3) is 4.88. The van der Waals surface area contributed by atoms with Crippen molar-refractivity contribution in [3.05, 3.63) is 0 Å². The van der Waals surface area contributed by atoms with Crippen molar-refractivity contribution in [2.24, 2.45) is 5.92 Å². The average Bonchev–Trinajstić information content (AvgIpc) is 2.98. The van der Waals surface area contributed by atoms with Crippen LogP contribution in [-0.2, 0) is 4.79 Å². The second-order valence-corrected chi connectivity index (χ2v) is 6.42. The number of hydrogen-bond acceptors (Lipinski definition) is 3. The Hall–Kier alpha value is -0.220. The van der Waals surface area contributed by atoms with Crippen LogP contribution in [0.5, 0.6) is 0 Å². The summed E-state index contributed by atoms with van der Waals surface area (Å²) >= 11 is 1.80.